The van der Waals surface area contributed by atoms with E-state index in [1.165, 1.54) is 6.07 Å². The minimum Gasteiger partial charge on any atom is -0.309 e. The number of hydrogen-bond donors (Lipinski definition) is 0. The highest BCUT2D eigenvalue weighted by molar-refractivity contribution is 6.08. The van der Waals surface area contributed by atoms with Crippen molar-refractivity contribution in [2.24, 2.45) is 5.92 Å². The van der Waals surface area contributed by atoms with Crippen LogP contribution in [0.2, 0.25) is 0 Å². The van der Waals surface area contributed by atoms with Gasteiger partial charge in [-0.25, -0.2) is 4.39 Å². The van der Waals surface area contributed by atoms with Crippen LogP contribution in [0.5, 0.6) is 0 Å². The van der Waals surface area contributed by atoms with Gasteiger partial charge in [0.05, 0.1) is 11.1 Å². The highest BCUT2D eigenvalue weighted by Gasteiger charge is 2.50. The smallest absolute Gasteiger partial charge is 0.237 e. The topological polar surface area (TPSA) is 20.3 Å². The lowest BCUT2D eigenvalue weighted by Crippen LogP contribution is -2.42. The predicted octanol–water partition coefficient (Wildman–Crippen LogP) is 3.50. The molecular weight excluding hydrogens is 229 g/mol. The number of carbonyl (C=O) groups is 1. The van der Waals surface area contributed by atoms with Gasteiger partial charge in [0.25, 0.3) is 0 Å². The van der Waals surface area contributed by atoms with Crippen LogP contribution in [0.15, 0.2) is 18.2 Å². The van der Waals surface area contributed by atoms with Gasteiger partial charge < -0.3 is 4.90 Å². The first-order chi connectivity index (χ1) is 8.48. The van der Waals surface area contributed by atoms with Crippen LogP contribution in [0.3, 0.4) is 0 Å². The molecule has 98 valence electrons. The fourth-order valence-electron chi connectivity index (χ4n) is 2.89. The Balaban J connectivity index is 2.67. The maximum absolute atomic E-state index is 14.0. The molecule has 1 aliphatic heterocycles. The van der Waals surface area contributed by atoms with Crippen LogP contribution in [0.4, 0.5) is 10.1 Å². The standard InChI is InChI=1S/C15H20FNO/c1-5-10(3)15(4)11-8-7-9-12(16)13(11)17(6-2)14(15)18/h7-10H,5-6H2,1-4H3. The number of carbonyl (C=O) groups excluding carboxylic acids is 1. The highest BCUT2D eigenvalue weighted by Crippen LogP contribution is 2.47. The summed E-state index contributed by atoms with van der Waals surface area (Å²) in [5.74, 6) is -0.0729. The van der Waals surface area contributed by atoms with Crippen molar-refractivity contribution in [3.8, 4) is 0 Å². The zero-order valence-electron chi connectivity index (χ0n) is 11.5. The normalized spacial score (nSPS) is 24.3. The van der Waals surface area contributed by atoms with Crippen molar-refractivity contribution >= 4 is 11.6 Å². The second-order valence-corrected chi connectivity index (χ2v) is 5.20. The molecule has 0 aliphatic carbocycles. The van der Waals surface area contributed by atoms with Crippen LogP contribution in [0, 0.1) is 11.7 Å². The van der Waals surface area contributed by atoms with Crippen molar-refractivity contribution in [3.63, 3.8) is 0 Å². The molecule has 0 N–H and O–H groups in total. The third-order valence-corrected chi connectivity index (χ3v) is 4.42. The quantitative estimate of drug-likeness (QED) is 0.803. The molecule has 0 saturated heterocycles. The van der Waals surface area contributed by atoms with Crippen molar-refractivity contribution in [1.29, 1.82) is 0 Å². The Kier molecular flexibility index (Phi) is 3.18. The summed E-state index contributed by atoms with van der Waals surface area (Å²) in [5.41, 5.74) is 0.721. The Hall–Kier alpha value is -1.38. The number of likely N-dealkylation sites (N-methyl/N-ethyl adjacent to an activating group) is 1. The molecule has 2 rings (SSSR count). The molecule has 1 aromatic rings. The van der Waals surface area contributed by atoms with E-state index in [-0.39, 0.29) is 17.6 Å². The number of para-hydroxylation sites is 1. The first-order valence-electron chi connectivity index (χ1n) is 6.59. The van der Waals surface area contributed by atoms with Crippen molar-refractivity contribution in [2.45, 2.75) is 39.5 Å². The fraction of sp³-hybridized carbons (Fsp3) is 0.533. The Morgan fingerprint density at radius 3 is 2.61 bits per heavy atom. The van der Waals surface area contributed by atoms with E-state index in [1.54, 1.807) is 11.0 Å². The van der Waals surface area contributed by atoms with Gasteiger partial charge in [-0.2, -0.15) is 0 Å². The number of anilines is 1. The molecule has 0 fully saturated rings. The van der Waals surface area contributed by atoms with Crippen molar-refractivity contribution in [3.05, 3.63) is 29.6 Å². The van der Waals surface area contributed by atoms with Gasteiger partial charge in [0, 0.05) is 6.54 Å². The second kappa shape index (κ2) is 4.38. The molecule has 3 heteroatoms. The maximum atomic E-state index is 14.0. The Bertz CT molecular complexity index is 485. The van der Waals surface area contributed by atoms with Crippen LogP contribution in [-0.4, -0.2) is 12.5 Å². The van der Waals surface area contributed by atoms with Gasteiger partial charge in [0.1, 0.15) is 5.82 Å². The zero-order valence-corrected chi connectivity index (χ0v) is 11.5. The lowest BCUT2D eigenvalue weighted by molar-refractivity contribution is -0.124. The number of rotatable bonds is 3. The van der Waals surface area contributed by atoms with Gasteiger partial charge in [-0.3, -0.25) is 4.79 Å². The summed E-state index contributed by atoms with van der Waals surface area (Å²) >= 11 is 0. The van der Waals surface area contributed by atoms with Gasteiger partial charge in [-0.15, -0.1) is 0 Å². The fourth-order valence-corrected chi connectivity index (χ4v) is 2.89. The van der Waals surface area contributed by atoms with Crippen molar-refractivity contribution < 1.29 is 9.18 Å². The molecular formula is C15H20FNO. The molecule has 18 heavy (non-hydrogen) atoms. The molecule has 1 amide bonds. The van der Waals surface area contributed by atoms with Crippen molar-refractivity contribution in [1.82, 2.24) is 0 Å². The largest absolute Gasteiger partial charge is 0.309 e. The molecule has 0 bridgehead atoms. The van der Waals surface area contributed by atoms with Crippen LogP contribution in [0.25, 0.3) is 0 Å². The molecule has 0 spiro atoms. The van der Waals surface area contributed by atoms with E-state index in [2.05, 4.69) is 13.8 Å². The average Bonchev–Trinajstić information content (AvgIpc) is 2.60. The first-order valence-corrected chi connectivity index (χ1v) is 6.59. The summed E-state index contributed by atoms with van der Waals surface area (Å²) in [6.07, 6.45) is 0.899. The number of amides is 1. The van der Waals surface area contributed by atoms with Crippen LogP contribution >= 0.6 is 0 Å². The molecule has 1 aliphatic rings. The van der Waals surface area contributed by atoms with Gasteiger partial charge in [0.2, 0.25) is 5.91 Å². The minimum absolute atomic E-state index is 0.0273. The zero-order chi connectivity index (χ0) is 13.5. The maximum Gasteiger partial charge on any atom is 0.237 e. The summed E-state index contributed by atoms with van der Waals surface area (Å²) in [5, 5.41) is 0. The molecule has 1 aromatic carbocycles. The monoisotopic (exact) mass is 249 g/mol. The van der Waals surface area contributed by atoms with E-state index < -0.39 is 5.41 Å². The highest BCUT2D eigenvalue weighted by atomic mass is 19.1. The molecule has 1 heterocycles. The predicted molar refractivity (Wildman–Crippen MR) is 71.2 cm³/mol. The minimum atomic E-state index is -0.595. The molecule has 2 unspecified atom stereocenters. The average molecular weight is 249 g/mol. The third-order valence-electron chi connectivity index (χ3n) is 4.42. The van der Waals surface area contributed by atoms with Gasteiger partial charge in [-0.1, -0.05) is 32.4 Å². The number of hydrogen-bond acceptors (Lipinski definition) is 1. The molecule has 0 aromatic heterocycles. The van der Waals surface area contributed by atoms with E-state index >= 15 is 0 Å². The first kappa shape index (κ1) is 13.1. The molecule has 2 atom stereocenters. The summed E-state index contributed by atoms with van der Waals surface area (Å²) < 4.78 is 14.0. The lowest BCUT2D eigenvalue weighted by Gasteiger charge is -2.30. The van der Waals surface area contributed by atoms with E-state index in [0.29, 0.717) is 12.2 Å². The number of benzene rings is 1. The SMILES string of the molecule is CCC(C)C1(C)C(=O)N(CC)c2c(F)cccc21. The van der Waals surface area contributed by atoms with Gasteiger partial charge >= 0.3 is 0 Å². The van der Waals surface area contributed by atoms with E-state index in [4.69, 9.17) is 0 Å². The second-order valence-electron chi connectivity index (χ2n) is 5.20. The summed E-state index contributed by atoms with van der Waals surface area (Å²) in [6, 6.07) is 5.01. The Morgan fingerprint density at radius 2 is 2.06 bits per heavy atom. The van der Waals surface area contributed by atoms with Gasteiger partial charge in [0.15, 0.2) is 0 Å². The number of nitrogens with zero attached hydrogens (tertiary/aromatic N) is 1. The third kappa shape index (κ3) is 1.49. The summed E-state index contributed by atoms with van der Waals surface area (Å²) in [6.45, 7) is 8.47. The molecule has 0 radical (unpaired) electrons. The van der Waals surface area contributed by atoms with E-state index in [0.717, 1.165) is 12.0 Å². The molecule has 2 nitrogen and oxygen atoms in total. The van der Waals surface area contributed by atoms with Gasteiger partial charge in [-0.05, 0) is 31.4 Å². The van der Waals surface area contributed by atoms with Crippen molar-refractivity contribution in [2.75, 3.05) is 11.4 Å². The Morgan fingerprint density at radius 1 is 1.39 bits per heavy atom. The Labute approximate surface area is 108 Å². The van der Waals surface area contributed by atoms with Crippen LogP contribution < -0.4 is 4.90 Å². The van der Waals surface area contributed by atoms with Crippen LogP contribution in [-0.2, 0) is 10.2 Å². The van der Waals surface area contributed by atoms with E-state index in [1.807, 2.05) is 19.9 Å². The summed E-state index contributed by atoms with van der Waals surface area (Å²) in [7, 11) is 0. The summed E-state index contributed by atoms with van der Waals surface area (Å²) in [4.78, 5) is 14.2. The number of fused-ring (bicyclic) bond motifs is 1. The van der Waals surface area contributed by atoms with E-state index in [9.17, 15) is 9.18 Å². The molecule has 0 saturated carbocycles. The lowest BCUT2D eigenvalue weighted by atomic mass is 9.72. The number of halogens is 1. The van der Waals surface area contributed by atoms with Crippen LogP contribution in [0.1, 0.15) is 39.7 Å².